The molecule has 1 N–H and O–H groups in total. The van der Waals surface area contributed by atoms with E-state index in [-0.39, 0.29) is 12.2 Å². The van der Waals surface area contributed by atoms with Gasteiger partial charge in [0.1, 0.15) is 30.5 Å². The molecule has 1 saturated heterocycles. The Balaban J connectivity index is 1.12. The second-order valence-electron chi connectivity index (χ2n) is 12.2. The molecule has 15 heteroatoms. The minimum atomic E-state index is -0.205. The topological polar surface area (TPSA) is 139 Å². The Labute approximate surface area is 279 Å². The van der Waals surface area contributed by atoms with Crippen LogP contribution in [0.25, 0.3) is 11.1 Å². The summed E-state index contributed by atoms with van der Waals surface area (Å²) in [6.07, 6.45) is 11.4. The molecule has 1 aromatic carbocycles. The van der Waals surface area contributed by atoms with Gasteiger partial charge in [0.15, 0.2) is 0 Å². The predicted molar refractivity (Wildman–Crippen MR) is 176 cm³/mol. The van der Waals surface area contributed by atoms with Crippen molar-refractivity contribution in [1.29, 1.82) is 0 Å². The van der Waals surface area contributed by atoms with Crippen molar-refractivity contribution in [1.82, 2.24) is 44.9 Å². The molecule has 0 bridgehead atoms. The third kappa shape index (κ3) is 8.95. The lowest BCUT2D eigenvalue weighted by atomic mass is 9.90. The van der Waals surface area contributed by atoms with Crippen LogP contribution in [0, 0.1) is 0 Å². The van der Waals surface area contributed by atoms with Gasteiger partial charge in [0.05, 0.1) is 49.7 Å². The van der Waals surface area contributed by atoms with Gasteiger partial charge in [0.2, 0.25) is 5.95 Å². The van der Waals surface area contributed by atoms with Gasteiger partial charge in [-0.15, -0.1) is 10.2 Å². The molecule has 0 spiro atoms. The fourth-order valence-corrected chi connectivity index (χ4v) is 6.19. The summed E-state index contributed by atoms with van der Waals surface area (Å²) in [6, 6.07) is 6.51. The molecule has 3 aromatic heterocycles. The van der Waals surface area contributed by atoms with Gasteiger partial charge in [-0.2, -0.15) is 0 Å². The molecule has 0 unspecified atom stereocenters. The SMILES string of the molecule is CC(C)OCCOc1nn([C@H]2CC[C@H](N3CCOCC3)CC2)cc1Nc1ncc(-c2ccc(Cl)c(O[C@@H](C)Cn3cnnn3)c2)cn1. The summed E-state index contributed by atoms with van der Waals surface area (Å²) in [5.41, 5.74) is 2.41. The zero-order valence-corrected chi connectivity index (χ0v) is 27.9. The minimum absolute atomic E-state index is 0.131. The Hall–Kier alpha value is -3.85. The number of nitrogens with one attached hydrogen (secondary N) is 1. The molecule has 1 aliphatic heterocycles. The molecule has 2 fully saturated rings. The van der Waals surface area contributed by atoms with Crippen LogP contribution in [0.1, 0.15) is 52.5 Å². The molecular weight excluding hydrogens is 624 g/mol. The van der Waals surface area contributed by atoms with Crippen LogP contribution >= 0.6 is 11.6 Å². The van der Waals surface area contributed by atoms with Crippen LogP contribution in [0.4, 0.5) is 11.6 Å². The number of aromatic nitrogens is 8. The standard InChI is InChI=1S/C32H43ClN10O4/c1-22(2)45-14-15-46-31-29(20-43(38-31)27-7-5-26(6-8-27)41-10-12-44-13-11-41)37-32-34-17-25(18-35-32)24-4-9-28(33)30(16-24)47-23(3)19-42-21-36-39-40-42/h4,9,16-18,20-23,26-27H,5-8,10-15,19H2,1-3H3,(H,34,35,37)/t23-,26-,27-/m0/s1. The molecule has 0 radical (unpaired) electrons. The number of rotatable bonds is 14. The first-order valence-corrected chi connectivity index (χ1v) is 16.7. The molecule has 1 atom stereocenters. The van der Waals surface area contributed by atoms with Crippen molar-refractivity contribution in [2.24, 2.45) is 0 Å². The van der Waals surface area contributed by atoms with E-state index >= 15 is 0 Å². The van der Waals surface area contributed by atoms with Crippen LogP contribution in [0.2, 0.25) is 5.02 Å². The van der Waals surface area contributed by atoms with Gasteiger partial charge in [0, 0.05) is 37.1 Å². The highest BCUT2D eigenvalue weighted by atomic mass is 35.5. The number of tetrazole rings is 1. The third-order valence-corrected chi connectivity index (χ3v) is 8.71. The zero-order valence-electron chi connectivity index (χ0n) is 27.2. The fraction of sp³-hybridized carbons (Fsp3) is 0.562. The zero-order chi connectivity index (χ0) is 32.6. The van der Waals surface area contributed by atoms with Crippen molar-refractivity contribution in [2.75, 3.05) is 44.8 Å². The second kappa shape index (κ2) is 15.8. The summed E-state index contributed by atoms with van der Waals surface area (Å²) in [4.78, 5) is 11.8. The first-order chi connectivity index (χ1) is 22.9. The predicted octanol–water partition coefficient (Wildman–Crippen LogP) is 4.81. The van der Waals surface area contributed by atoms with Gasteiger partial charge in [0.25, 0.3) is 5.88 Å². The van der Waals surface area contributed by atoms with E-state index in [2.05, 4.69) is 35.7 Å². The van der Waals surface area contributed by atoms with E-state index in [0.29, 0.717) is 54.4 Å². The largest absolute Gasteiger partial charge is 0.487 e. The molecule has 6 rings (SSSR count). The maximum absolute atomic E-state index is 6.45. The lowest BCUT2D eigenvalue weighted by Crippen LogP contribution is -2.45. The average molecular weight is 667 g/mol. The van der Waals surface area contributed by atoms with E-state index in [1.165, 1.54) is 0 Å². The van der Waals surface area contributed by atoms with Gasteiger partial charge in [-0.05, 0) is 74.6 Å². The number of ether oxygens (including phenoxy) is 4. The van der Waals surface area contributed by atoms with Crippen LogP contribution in [0.15, 0.2) is 43.1 Å². The fourth-order valence-electron chi connectivity index (χ4n) is 6.02. The summed E-state index contributed by atoms with van der Waals surface area (Å²) in [7, 11) is 0. The average Bonchev–Trinajstić information content (AvgIpc) is 3.75. The molecule has 4 aromatic rings. The van der Waals surface area contributed by atoms with E-state index in [9.17, 15) is 0 Å². The first-order valence-electron chi connectivity index (χ1n) is 16.3. The molecule has 4 heterocycles. The lowest BCUT2D eigenvalue weighted by Gasteiger charge is -2.38. The summed E-state index contributed by atoms with van der Waals surface area (Å²) in [6.45, 7) is 11.0. The molecule has 47 heavy (non-hydrogen) atoms. The van der Waals surface area contributed by atoms with Crippen molar-refractivity contribution >= 4 is 23.2 Å². The van der Waals surface area contributed by atoms with Crippen LogP contribution in [-0.2, 0) is 16.0 Å². The normalized spacial score (nSPS) is 19.5. The Bertz CT molecular complexity index is 1540. The molecule has 0 amide bonds. The van der Waals surface area contributed by atoms with E-state index in [1.54, 1.807) is 29.5 Å². The Morgan fingerprint density at radius 3 is 2.49 bits per heavy atom. The summed E-state index contributed by atoms with van der Waals surface area (Å²) in [5.74, 6) is 1.50. The van der Waals surface area contributed by atoms with Crippen molar-refractivity contribution in [3.63, 3.8) is 0 Å². The highest BCUT2D eigenvalue weighted by molar-refractivity contribution is 6.32. The number of anilines is 2. The monoisotopic (exact) mass is 666 g/mol. The highest BCUT2D eigenvalue weighted by Gasteiger charge is 2.29. The smallest absolute Gasteiger partial charge is 0.257 e. The molecular formula is C32H43ClN10O4. The van der Waals surface area contributed by atoms with Gasteiger partial charge in [-0.1, -0.05) is 17.7 Å². The van der Waals surface area contributed by atoms with E-state index in [4.69, 9.17) is 35.6 Å². The molecule has 252 valence electrons. The summed E-state index contributed by atoms with van der Waals surface area (Å²) < 4.78 is 27.1. The summed E-state index contributed by atoms with van der Waals surface area (Å²) in [5, 5.41) is 19.9. The van der Waals surface area contributed by atoms with Crippen LogP contribution < -0.4 is 14.8 Å². The van der Waals surface area contributed by atoms with Gasteiger partial charge in [-0.25, -0.2) is 14.6 Å². The van der Waals surface area contributed by atoms with Crippen molar-refractivity contribution in [3.05, 3.63) is 48.1 Å². The first kappa shape index (κ1) is 33.1. The number of halogens is 1. The second-order valence-corrected chi connectivity index (χ2v) is 12.6. The number of hydrogen-bond donors (Lipinski definition) is 1. The number of nitrogens with zero attached hydrogens (tertiary/aromatic N) is 9. The Morgan fingerprint density at radius 1 is 1.00 bits per heavy atom. The number of benzene rings is 1. The van der Waals surface area contributed by atoms with Crippen molar-refractivity contribution in [2.45, 2.75) is 77.3 Å². The maximum atomic E-state index is 6.45. The Morgan fingerprint density at radius 2 is 1.77 bits per heavy atom. The van der Waals surface area contributed by atoms with Gasteiger partial charge >= 0.3 is 0 Å². The molecule has 14 nitrogen and oxygen atoms in total. The maximum Gasteiger partial charge on any atom is 0.257 e. The van der Waals surface area contributed by atoms with E-state index < -0.39 is 0 Å². The molecule has 1 saturated carbocycles. The van der Waals surface area contributed by atoms with Gasteiger partial charge in [-0.3, -0.25) is 9.58 Å². The van der Waals surface area contributed by atoms with Crippen LogP contribution in [0.3, 0.4) is 0 Å². The summed E-state index contributed by atoms with van der Waals surface area (Å²) >= 11 is 6.45. The Kier molecular flexibility index (Phi) is 11.1. The van der Waals surface area contributed by atoms with Crippen LogP contribution in [0.5, 0.6) is 11.6 Å². The quantitative estimate of drug-likeness (QED) is 0.185. The third-order valence-electron chi connectivity index (χ3n) is 8.40. The van der Waals surface area contributed by atoms with Gasteiger partial charge < -0.3 is 24.3 Å². The van der Waals surface area contributed by atoms with Crippen molar-refractivity contribution in [3.8, 4) is 22.8 Å². The lowest BCUT2D eigenvalue weighted by molar-refractivity contribution is 0.00501. The molecule has 2 aliphatic rings. The van der Waals surface area contributed by atoms with E-state index in [0.717, 1.165) is 68.8 Å². The highest BCUT2D eigenvalue weighted by Crippen LogP contribution is 2.35. The molecule has 1 aliphatic carbocycles. The van der Waals surface area contributed by atoms with E-state index in [1.807, 2.05) is 43.8 Å². The van der Waals surface area contributed by atoms with Crippen LogP contribution in [-0.4, -0.2) is 103 Å². The minimum Gasteiger partial charge on any atom is -0.487 e. The van der Waals surface area contributed by atoms with Crippen molar-refractivity contribution < 1.29 is 18.9 Å². The number of hydrogen-bond acceptors (Lipinski definition) is 12. The number of morpholine rings is 1.